The van der Waals surface area contributed by atoms with Gasteiger partial charge in [-0.25, -0.2) is 13.9 Å². The average Bonchev–Trinajstić information content (AvgIpc) is 3.26. The number of aromatic nitrogens is 5. The fraction of sp³-hybridized carbons (Fsp3) is 0.273. The van der Waals surface area contributed by atoms with Gasteiger partial charge in [-0.3, -0.25) is 14.3 Å². The van der Waals surface area contributed by atoms with E-state index in [1.165, 1.54) is 16.8 Å². The lowest BCUT2D eigenvalue weighted by Crippen LogP contribution is -2.36. The van der Waals surface area contributed by atoms with Crippen molar-refractivity contribution in [2.45, 2.75) is 38.4 Å². The Balaban J connectivity index is 1.26. The van der Waals surface area contributed by atoms with E-state index in [-0.39, 0.29) is 23.5 Å². The molecule has 31 heavy (non-hydrogen) atoms. The van der Waals surface area contributed by atoms with Crippen LogP contribution in [0, 0.1) is 5.82 Å². The first-order valence-corrected chi connectivity index (χ1v) is 10.2. The Bertz CT molecular complexity index is 1270. The highest BCUT2D eigenvalue weighted by molar-refractivity contribution is 5.97. The average molecular weight is 420 g/mol. The second kappa shape index (κ2) is 7.82. The molecule has 4 aromatic rings. The number of hydrogen-bond donors (Lipinski definition) is 2. The van der Waals surface area contributed by atoms with Crippen molar-refractivity contribution in [1.82, 2.24) is 29.6 Å². The number of pyridine rings is 1. The van der Waals surface area contributed by atoms with Crippen molar-refractivity contribution in [2.24, 2.45) is 0 Å². The molecular weight excluding hydrogens is 399 g/mol. The number of nitrogens with zero attached hydrogens (tertiary/aromatic N) is 4. The quantitative estimate of drug-likeness (QED) is 0.529. The van der Waals surface area contributed by atoms with Crippen LogP contribution < -0.4 is 11.0 Å². The first-order valence-electron chi connectivity index (χ1n) is 10.2. The van der Waals surface area contributed by atoms with E-state index in [0.29, 0.717) is 43.9 Å². The van der Waals surface area contributed by atoms with Crippen LogP contribution in [-0.2, 0) is 19.5 Å². The van der Waals surface area contributed by atoms with Gasteiger partial charge in [0.1, 0.15) is 17.3 Å². The molecule has 3 aromatic heterocycles. The first-order chi connectivity index (χ1) is 15.1. The Morgan fingerprint density at radius 1 is 1.23 bits per heavy atom. The summed E-state index contributed by atoms with van der Waals surface area (Å²) in [4.78, 5) is 32.8. The van der Waals surface area contributed by atoms with Gasteiger partial charge in [0.15, 0.2) is 0 Å². The molecule has 0 spiro atoms. The highest BCUT2D eigenvalue weighted by atomic mass is 19.1. The van der Waals surface area contributed by atoms with Crippen molar-refractivity contribution < 1.29 is 9.18 Å². The molecule has 0 saturated carbocycles. The standard InChI is InChI=1S/C22H21FN6O2/c23-15-5-3-14(4-6-15)13-29-22(31)28-11-9-16(7-8-20(28)27-29)25-21(30)19-12-18-17(26-19)2-1-10-24-18/h1-6,10,12,16,26H,7-9,11,13H2,(H,25,30). The van der Waals surface area contributed by atoms with Gasteiger partial charge in [-0.2, -0.15) is 5.10 Å². The largest absolute Gasteiger partial charge is 0.349 e. The van der Waals surface area contributed by atoms with E-state index in [1.807, 2.05) is 12.1 Å². The summed E-state index contributed by atoms with van der Waals surface area (Å²) in [7, 11) is 0. The number of fused-ring (bicyclic) bond motifs is 2. The lowest BCUT2D eigenvalue weighted by atomic mass is 10.1. The summed E-state index contributed by atoms with van der Waals surface area (Å²) in [6.07, 6.45) is 3.61. The van der Waals surface area contributed by atoms with Gasteiger partial charge in [-0.05, 0) is 48.7 Å². The lowest BCUT2D eigenvalue weighted by molar-refractivity contribution is 0.0928. The maximum Gasteiger partial charge on any atom is 0.346 e. The van der Waals surface area contributed by atoms with Crippen LogP contribution in [0.25, 0.3) is 11.0 Å². The number of aryl methyl sites for hydroxylation is 1. The van der Waals surface area contributed by atoms with E-state index in [4.69, 9.17) is 0 Å². The summed E-state index contributed by atoms with van der Waals surface area (Å²) in [6, 6.07) is 11.4. The van der Waals surface area contributed by atoms with Crippen molar-refractivity contribution in [3.63, 3.8) is 0 Å². The number of aromatic amines is 1. The molecule has 2 N–H and O–H groups in total. The van der Waals surface area contributed by atoms with Crippen LogP contribution in [0.2, 0.25) is 0 Å². The predicted octanol–water partition coefficient (Wildman–Crippen LogP) is 2.24. The van der Waals surface area contributed by atoms with Gasteiger partial charge >= 0.3 is 5.69 Å². The molecule has 1 aliphatic rings. The van der Waals surface area contributed by atoms with Crippen LogP contribution in [0.5, 0.6) is 0 Å². The van der Waals surface area contributed by atoms with E-state index in [0.717, 1.165) is 16.6 Å². The molecule has 0 radical (unpaired) electrons. The Morgan fingerprint density at radius 2 is 2.06 bits per heavy atom. The predicted molar refractivity (Wildman–Crippen MR) is 112 cm³/mol. The zero-order chi connectivity index (χ0) is 21.4. The normalized spacial score (nSPS) is 16.1. The summed E-state index contributed by atoms with van der Waals surface area (Å²) in [5.74, 6) is 0.212. The van der Waals surface area contributed by atoms with E-state index in [9.17, 15) is 14.0 Å². The maximum atomic E-state index is 13.1. The molecule has 0 saturated heterocycles. The number of halogens is 1. The number of carbonyl (C=O) groups is 1. The van der Waals surface area contributed by atoms with Gasteiger partial charge in [0.05, 0.1) is 17.6 Å². The molecule has 0 bridgehead atoms. The molecule has 8 nitrogen and oxygen atoms in total. The summed E-state index contributed by atoms with van der Waals surface area (Å²) in [6.45, 7) is 0.782. The summed E-state index contributed by atoms with van der Waals surface area (Å²) >= 11 is 0. The number of hydrogen-bond acceptors (Lipinski definition) is 4. The number of rotatable bonds is 4. The van der Waals surface area contributed by atoms with E-state index in [1.54, 1.807) is 29.0 Å². The van der Waals surface area contributed by atoms with E-state index in [2.05, 4.69) is 20.4 Å². The fourth-order valence-corrected chi connectivity index (χ4v) is 3.98. The van der Waals surface area contributed by atoms with Crippen molar-refractivity contribution in [2.75, 3.05) is 0 Å². The molecule has 1 aliphatic heterocycles. The highest BCUT2D eigenvalue weighted by Gasteiger charge is 2.23. The van der Waals surface area contributed by atoms with Gasteiger partial charge in [-0.15, -0.1) is 0 Å². The molecule has 158 valence electrons. The maximum absolute atomic E-state index is 13.1. The van der Waals surface area contributed by atoms with E-state index < -0.39 is 0 Å². The van der Waals surface area contributed by atoms with Crippen LogP contribution in [0.3, 0.4) is 0 Å². The minimum absolute atomic E-state index is 0.0569. The SMILES string of the molecule is O=C(NC1CCc2nn(Cc3ccc(F)cc3)c(=O)n2CC1)c1cc2ncccc2[nH]1. The van der Waals surface area contributed by atoms with Crippen molar-refractivity contribution >= 4 is 16.9 Å². The zero-order valence-corrected chi connectivity index (χ0v) is 16.7. The Morgan fingerprint density at radius 3 is 2.87 bits per heavy atom. The summed E-state index contributed by atoms with van der Waals surface area (Å²) in [5.41, 5.74) is 2.66. The van der Waals surface area contributed by atoms with Crippen LogP contribution in [-0.4, -0.2) is 36.3 Å². The second-order valence-electron chi connectivity index (χ2n) is 7.75. The van der Waals surface area contributed by atoms with Gasteiger partial charge in [0.2, 0.25) is 0 Å². The fourth-order valence-electron chi connectivity index (χ4n) is 3.98. The smallest absolute Gasteiger partial charge is 0.346 e. The minimum Gasteiger partial charge on any atom is -0.349 e. The Hall–Kier alpha value is -3.75. The van der Waals surface area contributed by atoms with Crippen molar-refractivity contribution in [1.29, 1.82) is 0 Å². The summed E-state index contributed by atoms with van der Waals surface area (Å²) in [5, 5.41) is 7.53. The molecule has 1 aromatic carbocycles. The van der Waals surface area contributed by atoms with Gasteiger partial charge in [0, 0.05) is 25.2 Å². The third-order valence-electron chi connectivity index (χ3n) is 5.63. The third-order valence-corrected chi connectivity index (χ3v) is 5.63. The molecule has 1 amide bonds. The van der Waals surface area contributed by atoms with Gasteiger partial charge in [0.25, 0.3) is 5.91 Å². The Labute approximate surface area is 176 Å². The molecule has 1 unspecified atom stereocenters. The number of carbonyl (C=O) groups excluding carboxylic acids is 1. The summed E-state index contributed by atoms with van der Waals surface area (Å²) < 4.78 is 16.2. The molecule has 4 heterocycles. The molecule has 0 aliphatic carbocycles. The zero-order valence-electron chi connectivity index (χ0n) is 16.7. The number of nitrogens with one attached hydrogen (secondary N) is 2. The van der Waals surface area contributed by atoms with Crippen LogP contribution in [0.4, 0.5) is 4.39 Å². The molecule has 0 fully saturated rings. The lowest BCUT2D eigenvalue weighted by Gasteiger charge is -2.15. The topological polar surface area (TPSA) is 97.6 Å². The molecule has 1 atom stereocenters. The van der Waals surface area contributed by atoms with Crippen molar-refractivity contribution in [3.8, 4) is 0 Å². The van der Waals surface area contributed by atoms with Crippen LogP contribution in [0.15, 0.2) is 53.5 Å². The van der Waals surface area contributed by atoms with E-state index >= 15 is 0 Å². The van der Waals surface area contributed by atoms with Crippen LogP contribution >= 0.6 is 0 Å². The van der Waals surface area contributed by atoms with Crippen molar-refractivity contribution in [3.05, 3.63) is 82.0 Å². The number of H-pyrrole nitrogens is 1. The minimum atomic E-state index is -0.312. The molecular formula is C22H21FN6O2. The number of benzene rings is 1. The first kappa shape index (κ1) is 19.2. The Kier molecular flexibility index (Phi) is 4.85. The number of amides is 1. The molecule has 5 rings (SSSR count). The molecule has 9 heteroatoms. The second-order valence-corrected chi connectivity index (χ2v) is 7.75. The van der Waals surface area contributed by atoms with Gasteiger partial charge < -0.3 is 10.3 Å². The highest BCUT2D eigenvalue weighted by Crippen LogP contribution is 2.15. The van der Waals surface area contributed by atoms with Crippen LogP contribution in [0.1, 0.15) is 34.7 Å². The third kappa shape index (κ3) is 3.86. The van der Waals surface area contributed by atoms with Gasteiger partial charge in [-0.1, -0.05) is 12.1 Å². The monoisotopic (exact) mass is 420 g/mol.